The summed E-state index contributed by atoms with van der Waals surface area (Å²) in [4.78, 5) is 12.3. The van der Waals surface area contributed by atoms with Crippen LogP contribution in [0.2, 0.25) is 0 Å². The Kier molecular flexibility index (Phi) is 3.68. The molecule has 1 atom stereocenters. The second-order valence-electron chi connectivity index (χ2n) is 3.76. The normalized spacial score (nSPS) is 12.1. The van der Waals surface area contributed by atoms with Crippen LogP contribution in [0, 0.1) is 0 Å². The number of rotatable bonds is 4. The molecule has 2 aromatic carbocycles. The molecular weight excluding hydrogens is 212 g/mol. The average Bonchev–Trinajstić information content (AvgIpc) is 2.42. The molecule has 2 nitrogen and oxygen atoms in total. The van der Waals surface area contributed by atoms with Crippen molar-refractivity contribution in [2.75, 3.05) is 7.11 Å². The molecule has 2 heteroatoms. The first-order valence-corrected chi connectivity index (χ1v) is 5.50. The third-order valence-electron chi connectivity index (χ3n) is 2.63. The molecular formula is C15H14O2. The maximum atomic E-state index is 12.3. The lowest BCUT2D eigenvalue weighted by Crippen LogP contribution is -2.14. The number of carbonyl (C=O) groups excluding carboxylic acids is 1. The fourth-order valence-electron chi connectivity index (χ4n) is 1.78. The Morgan fingerprint density at radius 1 is 0.941 bits per heavy atom. The van der Waals surface area contributed by atoms with Gasteiger partial charge in [-0.1, -0.05) is 60.7 Å². The number of hydrogen-bond acceptors (Lipinski definition) is 2. The van der Waals surface area contributed by atoms with E-state index in [1.165, 1.54) is 0 Å². The van der Waals surface area contributed by atoms with E-state index in [4.69, 9.17) is 4.74 Å². The average molecular weight is 226 g/mol. The van der Waals surface area contributed by atoms with Crippen molar-refractivity contribution in [3.05, 3.63) is 71.8 Å². The van der Waals surface area contributed by atoms with Crippen molar-refractivity contribution in [2.45, 2.75) is 6.10 Å². The number of benzene rings is 2. The Morgan fingerprint density at radius 2 is 1.47 bits per heavy atom. The van der Waals surface area contributed by atoms with Crippen molar-refractivity contribution in [1.82, 2.24) is 0 Å². The highest BCUT2D eigenvalue weighted by atomic mass is 16.5. The molecule has 0 radical (unpaired) electrons. The first-order valence-electron chi connectivity index (χ1n) is 5.50. The van der Waals surface area contributed by atoms with Gasteiger partial charge < -0.3 is 4.74 Å². The van der Waals surface area contributed by atoms with Crippen molar-refractivity contribution in [3.8, 4) is 0 Å². The Balaban J connectivity index is 2.29. The van der Waals surface area contributed by atoms with Gasteiger partial charge in [-0.05, 0) is 5.56 Å². The molecule has 0 unspecified atom stereocenters. The van der Waals surface area contributed by atoms with Crippen LogP contribution in [0.3, 0.4) is 0 Å². The number of hydrogen-bond donors (Lipinski definition) is 0. The summed E-state index contributed by atoms with van der Waals surface area (Å²) in [5, 5.41) is 0. The molecule has 17 heavy (non-hydrogen) atoms. The summed E-state index contributed by atoms with van der Waals surface area (Å²) in [5.74, 6) is -0.0145. The molecule has 0 N–H and O–H groups in total. The highest BCUT2D eigenvalue weighted by Gasteiger charge is 2.20. The highest BCUT2D eigenvalue weighted by molar-refractivity contribution is 6.00. The van der Waals surface area contributed by atoms with E-state index in [-0.39, 0.29) is 5.78 Å². The highest BCUT2D eigenvalue weighted by Crippen LogP contribution is 2.21. The largest absolute Gasteiger partial charge is 0.369 e. The van der Waals surface area contributed by atoms with E-state index in [0.29, 0.717) is 5.56 Å². The summed E-state index contributed by atoms with van der Waals surface area (Å²) in [7, 11) is 1.55. The van der Waals surface area contributed by atoms with Crippen molar-refractivity contribution in [3.63, 3.8) is 0 Å². The predicted octanol–water partition coefficient (Wildman–Crippen LogP) is 3.26. The second kappa shape index (κ2) is 5.41. The van der Waals surface area contributed by atoms with Crippen LogP contribution in [0.1, 0.15) is 22.0 Å². The molecule has 0 aromatic heterocycles. The fraction of sp³-hybridized carbons (Fsp3) is 0.133. The minimum atomic E-state index is -0.529. The molecule has 0 amide bonds. The zero-order chi connectivity index (χ0) is 12.1. The van der Waals surface area contributed by atoms with Gasteiger partial charge in [-0.25, -0.2) is 0 Å². The van der Waals surface area contributed by atoms with Gasteiger partial charge in [-0.3, -0.25) is 4.79 Å². The van der Waals surface area contributed by atoms with Crippen molar-refractivity contribution < 1.29 is 9.53 Å². The molecule has 0 fully saturated rings. The monoisotopic (exact) mass is 226 g/mol. The lowest BCUT2D eigenvalue weighted by Gasteiger charge is -2.14. The van der Waals surface area contributed by atoms with Gasteiger partial charge in [-0.15, -0.1) is 0 Å². The van der Waals surface area contributed by atoms with Crippen LogP contribution in [-0.4, -0.2) is 12.9 Å². The van der Waals surface area contributed by atoms with E-state index in [2.05, 4.69) is 0 Å². The van der Waals surface area contributed by atoms with Crippen LogP contribution in [-0.2, 0) is 4.74 Å². The van der Waals surface area contributed by atoms with Crippen LogP contribution in [0.25, 0.3) is 0 Å². The van der Waals surface area contributed by atoms with Gasteiger partial charge in [0.25, 0.3) is 0 Å². The standard InChI is InChI=1S/C15H14O2/c1-17-15(13-10-6-3-7-11-13)14(16)12-8-4-2-5-9-12/h2-11,15H,1H3/t15-/m0/s1. The Hall–Kier alpha value is -1.93. The van der Waals surface area contributed by atoms with Crippen LogP contribution in [0.15, 0.2) is 60.7 Å². The third-order valence-corrected chi connectivity index (χ3v) is 2.63. The summed E-state index contributed by atoms with van der Waals surface area (Å²) in [6.07, 6.45) is -0.529. The van der Waals surface area contributed by atoms with E-state index in [0.717, 1.165) is 5.56 Å². The molecule has 0 spiro atoms. The fourth-order valence-corrected chi connectivity index (χ4v) is 1.78. The lowest BCUT2D eigenvalue weighted by molar-refractivity contribution is 0.0604. The van der Waals surface area contributed by atoms with Crippen LogP contribution in [0.5, 0.6) is 0 Å². The van der Waals surface area contributed by atoms with Gasteiger partial charge >= 0.3 is 0 Å². The van der Waals surface area contributed by atoms with E-state index >= 15 is 0 Å². The van der Waals surface area contributed by atoms with Gasteiger partial charge in [0.15, 0.2) is 5.78 Å². The quantitative estimate of drug-likeness (QED) is 0.748. The number of Topliss-reactive ketones (excluding diaryl/α,β-unsaturated/α-hetero) is 1. The maximum absolute atomic E-state index is 12.3. The first-order chi connectivity index (χ1) is 8.33. The molecule has 0 saturated heterocycles. The van der Waals surface area contributed by atoms with E-state index in [9.17, 15) is 4.79 Å². The van der Waals surface area contributed by atoms with Crippen LogP contribution < -0.4 is 0 Å². The molecule has 86 valence electrons. The van der Waals surface area contributed by atoms with E-state index in [1.54, 1.807) is 19.2 Å². The lowest BCUT2D eigenvalue weighted by atomic mass is 10.00. The van der Waals surface area contributed by atoms with Crippen LogP contribution >= 0.6 is 0 Å². The second-order valence-corrected chi connectivity index (χ2v) is 3.76. The van der Waals surface area contributed by atoms with Gasteiger partial charge in [0, 0.05) is 12.7 Å². The van der Waals surface area contributed by atoms with Gasteiger partial charge in [-0.2, -0.15) is 0 Å². The van der Waals surface area contributed by atoms with Crippen molar-refractivity contribution in [1.29, 1.82) is 0 Å². The molecule has 0 heterocycles. The topological polar surface area (TPSA) is 26.3 Å². The number of carbonyl (C=O) groups is 1. The van der Waals surface area contributed by atoms with E-state index < -0.39 is 6.10 Å². The van der Waals surface area contributed by atoms with Crippen molar-refractivity contribution in [2.24, 2.45) is 0 Å². The summed E-state index contributed by atoms with van der Waals surface area (Å²) in [5.41, 5.74) is 1.55. The molecule has 0 bridgehead atoms. The maximum Gasteiger partial charge on any atom is 0.196 e. The van der Waals surface area contributed by atoms with Gasteiger partial charge in [0.2, 0.25) is 0 Å². The number of methoxy groups -OCH3 is 1. The summed E-state index contributed by atoms with van der Waals surface area (Å²) >= 11 is 0. The molecule has 2 rings (SSSR count). The van der Waals surface area contributed by atoms with Gasteiger partial charge in [0.05, 0.1) is 0 Å². The summed E-state index contributed by atoms with van der Waals surface area (Å²) in [6.45, 7) is 0. The Labute approximate surface area is 101 Å². The Morgan fingerprint density at radius 3 is 2.00 bits per heavy atom. The molecule has 0 aliphatic heterocycles. The Bertz CT molecular complexity index is 477. The minimum absolute atomic E-state index is 0.0145. The zero-order valence-electron chi connectivity index (χ0n) is 9.67. The van der Waals surface area contributed by atoms with Gasteiger partial charge in [0.1, 0.15) is 6.10 Å². The summed E-state index contributed by atoms with van der Waals surface area (Å²) < 4.78 is 5.30. The smallest absolute Gasteiger partial charge is 0.196 e. The van der Waals surface area contributed by atoms with Crippen LogP contribution in [0.4, 0.5) is 0 Å². The van der Waals surface area contributed by atoms with E-state index in [1.807, 2.05) is 48.5 Å². The molecule has 0 saturated carbocycles. The SMILES string of the molecule is CO[C@H](C(=O)c1ccccc1)c1ccccc1. The minimum Gasteiger partial charge on any atom is -0.369 e. The number of ketones is 1. The first kappa shape index (κ1) is 11.6. The van der Waals surface area contributed by atoms with Crippen molar-refractivity contribution >= 4 is 5.78 Å². The molecule has 2 aromatic rings. The molecule has 0 aliphatic rings. The number of ether oxygens (including phenoxy) is 1. The predicted molar refractivity (Wildman–Crippen MR) is 67.0 cm³/mol. The third kappa shape index (κ3) is 2.60. The zero-order valence-corrected chi connectivity index (χ0v) is 9.67. The molecule has 0 aliphatic carbocycles. The summed E-state index contributed by atoms with van der Waals surface area (Å²) in [6, 6.07) is 18.7.